The molecule has 2 heterocycles. The molecule has 0 N–H and O–H groups in total. The van der Waals surface area contributed by atoms with Gasteiger partial charge in [-0.2, -0.15) is 0 Å². The molecule has 4 rings (SSSR count). The quantitative estimate of drug-likeness (QED) is 0.646. The highest BCUT2D eigenvalue weighted by molar-refractivity contribution is 5.94. The number of hydrogen-bond acceptors (Lipinski definition) is 5. The van der Waals surface area contributed by atoms with E-state index < -0.39 is 0 Å². The molecule has 2 amide bonds. The molecule has 2 aliphatic heterocycles. The molecule has 0 bridgehead atoms. The van der Waals surface area contributed by atoms with Gasteiger partial charge in [-0.15, -0.1) is 0 Å². The van der Waals surface area contributed by atoms with Crippen LogP contribution in [0, 0.1) is 6.92 Å². The van der Waals surface area contributed by atoms with Crippen LogP contribution >= 0.6 is 0 Å². The second-order valence-corrected chi connectivity index (χ2v) is 9.08. The average molecular weight is 466 g/mol. The van der Waals surface area contributed by atoms with Crippen molar-refractivity contribution in [3.8, 4) is 5.75 Å². The fourth-order valence-electron chi connectivity index (χ4n) is 4.53. The molecule has 0 aliphatic carbocycles. The Labute approximate surface area is 202 Å². The molecule has 0 atom stereocenters. The van der Waals surface area contributed by atoms with E-state index >= 15 is 0 Å². The largest absolute Gasteiger partial charge is 0.490 e. The molecule has 2 aromatic rings. The summed E-state index contributed by atoms with van der Waals surface area (Å²) in [5.41, 5.74) is 3.11. The van der Waals surface area contributed by atoms with Gasteiger partial charge in [-0.1, -0.05) is 29.8 Å². The Kier molecular flexibility index (Phi) is 8.06. The molecule has 34 heavy (non-hydrogen) atoms. The van der Waals surface area contributed by atoms with E-state index in [9.17, 15) is 9.59 Å². The highest BCUT2D eigenvalue weighted by Crippen LogP contribution is 2.22. The highest BCUT2D eigenvalue weighted by atomic mass is 16.6. The molecule has 0 unspecified atom stereocenters. The topological polar surface area (TPSA) is 62.3 Å². The third-order valence-electron chi connectivity index (χ3n) is 6.53. The lowest BCUT2D eigenvalue weighted by Crippen LogP contribution is -2.48. The van der Waals surface area contributed by atoms with E-state index in [1.165, 1.54) is 5.56 Å². The summed E-state index contributed by atoms with van der Waals surface area (Å²) >= 11 is 0. The van der Waals surface area contributed by atoms with Crippen molar-refractivity contribution in [2.75, 3.05) is 45.9 Å². The Bertz CT molecular complexity index is 962. The minimum atomic E-state index is -0.218. The van der Waals surface area contributed by atoms with Crippen LogP contribution in [0.3, 0.4) is 0 Å². The lowest BCUT2D eigenvalue weighted by atomic mass is 10.1. The summed E-state index contributed by atoms with van der Waals surface area (Å²) in [4.78, 5) is 30.7. The van der Waals surface area contributed by atoms with Crippen LogP contribution in [0.25, 0.3) is 0 Å². The first kappa shape index (κ1) is 24.1. The Hall–Kier alpha value is -3.06. The van der Waals surface area contributed by atoms with E-state index in [0.29, 0.717) is 32.8 Å². The van der Waals surface area contributed by atoms with Crippen molar-refractivity contribution in [1.29, 1.82) is 0 Å². The van der Waals surface area contributed by atoms with Gasteiger partial charge < -0.3 is 19.3 Å². The van der Waals surface area contributed by atoms with Gasteiger partial charge in [-0.05, 0) is 43.7 Å². The van der Waals surface area contributed by atoms with Crippen LogP contribution in [0.5, 0.6) is 5.75 Å². The zero-order valence-electron chi connectivity index (χ0n) is 20.2. The maximum Gasteiger partial charge on any atom is 0.409 e. The van der Waals surface area contributed by atoms with Crippen molar-refractivity contribution in [3.63, 3.8) is 0 Å². The monoisotopic (exact) mass is 465 g/mol. The number of hydrogen-bond donors (Lipinski definition) is 0. The van der Waals surface area contributed by atoms with Crippen molar-refractivity contribution >= 4 is 12.0 Å². The SMILES string of the molecule is CCOC(=O)N1CCN(Cc2cccc(OC3CCN(C(=O)c4ccc(C)cc4)CC3)c2)CC1. The van der Waals surface area contributed by atoms with Crippen molar-refractivity contribution in [2.45, 2.75) is 39.3 Å². The predicted octanol–water partition coefficient (Wildman–Crippen LogP) is 3.95. The molecule has 0 radical (unpaired) electrons. The van der Waals surface area contributed by atoms with Gasteiger partial charge in [0.2, 0.25) is 0 Å². The van der Waals surface area contributed by atoms with Gasteiger partial charge in [0, 0.05) is 64.2 Å². The van der Waals surface area contributed by atoms with Crippen molar-refractivity contribution in [3.05, 3.63) is 65.2 Å². The van der Waals surface area contributed by atoms with Crippen molar-refractivity contribution in [2.24, 2.45) is 0 Å². The Morgan fingerprint density at radius 3 is 2.29 bits per heavy atom. The maximum absolute atomic E-state index is 12.8. The van der Waals surface area contributed by atoms with Crippen LogP contribution in [0.4, 0.5) is 4.79 Å². The summed E-state index contributed by atoms with van der Waals surface area (Å²) in [6.07, 6.45) is 1.56. The highest BCUT2D eigenvalue weighted by Gasteiger charge is 2.25. The molecule has 0 aromatic heterocycles. The minimum absolute atomic E-state index is 0.100. The molecular formula is C27H35N3O4. The Balaban J connectivity index is 1.24. The fourth-order valence-corrected chi connectivity index (χ4v) is 4.53. The average Bonchev–Trinajstić information content (AvgIpc) is 2.85. The van der Waals surface area contributed by atoms with Crippen LogP contribution in [-0.4, -0.2) is 78.7 Å². The zero-order chi connectivity index (χ0) is 23.9. The first-order valence-electron chi connectivity index (χ1n) is 12.3. The van der Waals surface area contributed by atoms with Crippen LogP contribution in [-0.2, 0) is 11.3 Å². The van der Waals surface area contributed by atoms with Gasteiger partial charge in [-0.25, -0.2) is 4.79 Å². The van der Waals surface area contributed by atoms with Gasteiger partial charge in [0.25, 0.3) is 5.91 Å². The van der Waals surface area contributed by atoms with Gasteiger partial charge in [0.1, 0.15) is 11.9 Å². The Morgan fingerprint density at radius 2 is 1.62 bits per heavy atom. The molecule has 2 saturated heterocycles. The lowest BCUT2D eigenvalue weighted by molar-refractivity contribution is 0.0595. The Morgan fingerprint density at radius 1 is 0.912 bits per heavy atom. The number of carbonyl (C=O) groups is 2. The second-order valence-electron chi connectivity index (χ2n) is 9.08. The third kappa shape index (κ3) is 6.29. The number of nitrogens with zero attached hydrogens (tertiary/aromatic N) is 3. The summed E-state index contributed by atoms with van der Waals surface area (Å²) in [6, 6.07) is 16.0. The number of piperidine rings is 1. The van der Waals surface area contributed by atoms with Crippen molar-refractivity contribution < 1.29 is 19.1 Å². The smallest absolute Gasteiger partial charge is 0.409 e. The summed E-state index contributed by atoms with van der Waals surface area (Å²) in [5, 5.41) is 0. The first-order chi connectivity index (χ1) is 16.5. The number of piperazine rings is 1. The number of carbonyl (C=O) groups excluding carboxylic acids is 2. The normalized spacial score (nSPS) is 17.5. The van der Waals surface area contributed by atoms with E-state index in [1.807, 2.05) is 55.1 Å². The van der Waals surface area contributed by atoms with E-state index in [1.54, 1.807) is 4.90 Å². The summed E-state index contributed by atoms with van der Waals surface area (Å²) in [6.45, 7) is 9.56. The zero-order valence-corrected chi connectivity index (χ0v) is 20.2. The van der Waals surface area contributed by atoms with Crippen LogP contribution in [0.1, 0.15) is 41.3 Å². The molecule has 0 saturated carbocycles. The number of benzene rings is 2. The van der Waals surface area contributed by atoms with Gasteiger partial charge in [0.05, 0.1) is 6.61 Å². The lowest BCUT2D eigenvalue weighted by Gasteiger charge is -2.34. The molecule has 2 aromatic carbocycles. The van der Waals surface area contributed by atoms with Crippen LogP contribution < -0.4 is 4.74 Å². The van der Waals surface area contributed by atoms with Gasteiger partial charge in [0.15, 0.2) is 0 Å². The maximum atomic E-state index is 12.8. The number of amides is 2. The number of likely N-dealkylation sites (tertiary alicyclic amines) is 1. The first-order valence-corrected chi connectivity index (χ1v) is 12.3. The number of ether oxygens (including phenoxy) is 2. The second kappa shape index (κ2) is 11.4. The summed E-state index contributed by atoms with van der Waals surface area (Å²) in [7, 11) is 0. The minimum Gasteiger partial charge on any atom is -0.490 e. The number of aryl methyl sites for hydroxylation is 1. The molecule has 2 fully saturated rings. The fraction of sp³-hybridized carbons (Fsp3) is 0.481. The van der Waals surface area contributed by atoms with Crippen molar-refractivity contribution in [1.82, 2.24) is 14.7 Å². The third-order valence-corrected chi connectivity index (χ3v) is 6.53. The molecule has 182 valence electrons. The molecule has 7 heteroatoms. The summed E-state index contributed by atoms with van der Waals surface area (Å²) in [5.74, 6) is 0.981. The number of rotatable bonds is 6. The molecule has 0 spiro atoms. The van der Waals surface area contributed by atoms with Gasteiger partial charge >= 0.3 is 6.09 Å². The van der Waals surface area contributed by atoms with E-state index in [2.05, 4.69) is 17.0 Å². The predicted molar refractivity (Wildman–Crippen MR) is 131 cm³/mol. The standard InChI is InChI=1S/C27H35N3O4/c1-3-33-27(32)30-17-15-28(16-18-30)20-22-5-4-6-25(19-22)34-24-11-13-29(14-12-24)26(31)23-9-7-21(2)8-10-23/h4-10,19,24H,3,11-18,20H2,1-2H3. The van der Waals surface area contributed by atoms with Gasteiger partial charge in [-0.3, -0.25) is 9.69 Å². The summed E-state index contributed by atoms with van der Waals surface area (Å²) < 4.78 is 11.4. The molecule has 7 nitrogen and oxygen atoms in total. The van der Waals surface area contributed by atoms with E-state index in [0.717, 1.165) is 49.4 Å². The molecular weight excluding hydrogens is 430 g/mol. The molecule has 2 aliphatic rings. The van der Waals surface area contributed by atoms with E-state index in [-0.39, 0.29) is 18.1 Å². The van der Waals surface area contributed by atoms with Crippen LogP contribution in [0.2, 0.25) is 0 Å². The van der Waals surface area contributed by atoms with Crippen LogP contribution in [0.15, 0.2) is 48.5 Å². The van der Waals surface area contributed by atoms with E-state index in [4.69, 9.17) is 9.47 Å².